The van der Waals surface area contributed by atoms with Gasteiger partial charge < -0.3 is 0 Å². The Morgan fingerprint density at radius 3 is 2.78 bits per heavy atom. The van der Waals surface area contributed by atoms with E-state index in [2.05, 4.69) is 41.5 Å². The lowest BCUT2D eigenvalue weighted by molar-refractivity contribution is 0.102. The second-order valence-corrected chi connectivity index (χ2v) is 8.18. The normalized spacial score (nSPS) is 10.9. The molecule has 3 aromatic carbocycles. The smallest absolute Gasteiger partial charge is 0.257 e. The molecule has 0 saturated heterocycles. The van der Waals surface area contributed by atoms with Crippen molar-refractivity contribution in [3.8, 4) is 11.3 Å². The lowest BCUT2D eigenvalue weighted by atomic mass is 10.0. The summed E-state index contributed by atoms with van der Waals surface area (Å²) in [6.45, 7) is 2.10. The first-order valence-corrected chi connectivity index (χ1v) is 10.6. The van der Waals surface area contributed by atoms with E-state index in [0.717, 1.165) is 27.3 Å². The van der Waals surface area contributed by atoms with Crippen molar-refractivity contribution in [1.29, 1.82) is 0 Å². The minimum absolute atomic E-state index is 0.132. The van der Waals surface area contributed by atoms with Crippen molar-refractivity contribution >= 4 is 44.9 Å². The number of thiazole rings is 1. The largest absolute Gasteiger partial charge is 0.298 e. The molecule has 27 heavy (non-hydrogen) atoms. The summed E-state index contributed by atoms with van der Waals surface area (Å²) in [6, 6.07) is 22.1. The quantitative estimate of drug-likeness (QED) is 0.405. The highest BCUT2D eigenvalue weighted by molar-refractivity contribution is 7.99. The van der Waals surface area contributed by atoms with Gasteiger partial charge in [-0.25, -0.2) is 4.98 Å². The van der Waals surface area contributed by atoms with Crippen molar-refractivity contribution in [1.82, 2.24) is 4.98 Å². The zero-order chi connectivity index (χ0) is 18.6. The summed E-state index contributed by atoms with van der Waals surface area (Å²) in [7, 11) is 0. The van der Waals surface area contributed by atoms with E-state index < -0.39 is 0 Å². The van der Waals surface area contributed by atoms with E-state index in [1.807, 2.05) is 47.8 Å². The molecule has 0 spiro atoms. The highest BCUT2D eigenvalue weighted by atomic mass is 32.2. The first kappa shape index (κ1) is 17.8. The van der Waals surface area contributed by atoms with Crippen LogP contribution in [-0.4, -0.2) is 16.6 Å². The van der Waals surface area contributed by atoms with Crippen LogP contribution in [-0.2, 0) is 0 Å². The molecule has 0 aliphatic heterocycles. The van der Waals surface area contributed by atoms with Crippen LogP contribution in [0.25, 0.3) is 22.0 Å². The Balaban J connectivity index is 1.58. The van der Waals surface area contributed by atoms with Gasteiger partial charge in [0.15, 0.2) is 5.13 Å². The number of hydrogen-bond donors (Lipinski definition) is 1. The maximum atomic E-state index is 12.6. The molecule has 0 bridgehead atoms. The van der Waals surface area contributed by atoms with Gasteiger partial charge in [0.05, 0.1) is 5.69 Å². The van der Waals surface area contributed by atoms with E-state index in [1.165, 1.54) is 16.7 Å². The molecule has 0 saturated carbocycles. The minimum Gasteiger partial charge on any atom is -0.298 e. The zero-order valence-corrected chi connectivity index (χ0v) is 16.4. The van der Waals surface area contributed by atoms with E-state index in [-0.39, 0.29) is 5.91 Å². The average Bonchev–Trinajstić information content (AvgIpc) is 3.16. The monoisotopic (exact) mass is 390 g/mol. The molecule has 0 unspecified atom stereocenters. The summed E-state index contributed by atoms with van der Waals surface area (Å²) in [5.74, 6) is 0.846. The highest BCUT2D eigenvalue weighted by Gasteiger charge is 2.12. The van der Waals surface area contributed by atoms with Gasteiger partial charge in [0.1, 0.15) is 0 Å². The molecule has 5 heteroatoms. The zero-order valence-electron chi connectivity index (χ0n) is 14.8. The van der Waals surface area contributed by atoms with Crippen LogP contribution in [0.2, 0.25) is 0 Å². The molecule has 1 aromatic heterocycles. The third-order valence-corrected chi connectivity index (χ3v) is 5.83. The summed E-state index contributed by atoms with van der Waals surface area (Å²) in [5.41, 5.74) is 2.60. The Morgan fingerprint density at radius 2 is 1.89 bits per heavy atom. The number of amides is 1. The van der Waals surface area contributed by atoms with Gasteiger partial charge in [-0.2, -0.15) is 0 Å². The number of nitrogens with zero attached hydrogens (tertiary/aromatic N) is 1. The van der Waals surface area contributed by atoms with Crippen LogP contribution in [0.3, 0.4) is 0 Å². The van der Waals surface area contributed by atoms with Gasteiger partial charge in [0, 0.05) is 21.4 Å². The molecule has 1 amide bonds. The third kappa shape index (κ3) is 3.89. The SMILES string of the molecule is CCSc1cccc(C(=O)Nc2nc(-c3cccc4ccccc34)cs2)c1. The predicted molar refractivity (Wildman–Crippen MR) is 116 cm³/mol. The maximum absolute atomic E-state index is 12.6. The Labute approximate surface area is 166 Å². The van der Waals surface area contributed by atoms with E-state index >= 15 is 0 Å². The lowest BCUT2D eigenvalue weighted by Crippen LogP contribution is -2.11. The fourth-order valence-corrected chi connectivity index (χ4v) is 4.39. The standard InChI is InChI=1S/C22H18N2OS2/c1-2-26-17-10-5-9-16(13-17)21(25)24-22-23-20(14-27-22)19-12-6-8-15-7-3-4-11-18(15)19/h3-14H,2H2,1H3,(H,23,24,25). The molecular formula is C22H18N2OS2. The first-order chi connectivity index (χ1) is 13.2. The van der Waals surface area contributed by atoms with Crippen LogP contribution in [0, 0.1) is 0 Å². The molecule has 1 heterocycles. The molecular weight excluding hydrogens is 372 g/mol. The number of hydrogen-bond acceptors (Lipinski definition) is 4. The summed E-state index contributed by atoms with van der Waals surface area (Å²) < 4.78 is 0. The summed E-state index contributed by atoms with van der Waals surface area (Å²) in [5, 5.41) is 7.86. The number of thioether (sulfide) groups is 1. The molecule has 4 aromatic rings. The summed E-state index contributed by atoms with van der Waals surface area (Å²) in [6.07, 6.45) is 0. The van der Waals surface area contributed by atoms with Crippen molar-refractivity contribution in [3.63, 3.8) is 0 Å². The molecule has 0 atom stereocenters. The molecule has 0 aliphatic rings. The maximum Gasteiger partial charge on any atom is 0.257 e. The Morgan fingerprint density at radius 1 is 1.07 bits per heavy atom. The van der Waals surface area contributed by atoms with Crippen molar-refractivity contribution in [2.24, 2.45) is 0 Å². The molecule has 0 radical (unpaired) electrons. The minimum atomic E-state index is -0.132. The number of fused-ring (bicyclic) bond motifs is 1. The molecule has 134 valence electrons. The fraction of sp³-hybridized carbons (Fsp3) is 0.0909. The van der Waals surface area contributed by atoms with E-state index in [0.29, 0.717) is 10.7 Å². The van der Waals surface area contributed by atoms with Crippen LogP contribution in [0.4, 0.5) is 5.13 Å². The van der Waals surface area contributed by atoms with Crippen LogP contribution < -0.4 is 5.32 Å². The molecule has 1 N–H and O–H groups in total. The van der Waals surface area contributed by atoms with E-state index in [1.54, 1.807) is 11.8 Å². The second kappa shape index (κ2) is 7.94. The van der Waals surface area contributed by atoms with Gasteiger partial charge in [-0.15, -0.1) is 23.1 Å². The van der Waals surface area contributed by atoms with Gasteiger partial charge in [-0.05, 0) is 34.7 Å². The predicted octanol–water partition coefficient (Wildman–Crippen LogP) is 6.33. The number of aromatic nitrogens is 1. The number of carbonyl (C=O) groups excluding carboxylic acids is 1. The lowest BCUT2D eigenvalue weighted by Gasteiger charge is -2.05. The van der Waals surface area contributed by atoms with Crippen molar-refractivity contribution in [3.05, 3.63) is 77.7 Å². The van der Waals surface area contributed by atoms with Gasteiger partial charge in [0.25, 0.3) is 5.91 Å². The molecule has 0 aliphatic carbocycles. The van der Waals surface area contributed by atoms with Gasteiger partial charge in [-0.1, -0.05) is 55.5 Å². The number of anilines is 1. The first-order valence-electron chi connectivity index (χ1n) is 8.72. The Bertz CT molecular complexity index is 1100. The molecule has 0 fully saturated rings. The molecule has 3 nitrogen and oxygen atoms in total. The number of rotatable bonds is 5. The summed E-state index contributed by atoms with van der Waals surface area (Å²) in [4.78, 5) is 18.3. The Hall–Kier alpha value is -2.63. The third-order valence-electron chi connectivity index (χ3n) is 4.20. The van der Waals surface area contributed by atoms with Gasteiger partial charge in [0.2, 0.25) is 0 Å². The van der Waals surface area contributed by atoms with Crippen molar-refractivity contribution < 1.29 is 4.79 Å². The average molecular weight is 391 g/mol. The van der Waals surface area contributed by atoms with Crippen molar-refractivity contribution in [2.45, 2.75) is 11.8 Å². The number of nitrogens with one attached hydrogen (secondary N) is 1. The van der Waals surface area contributed by atoms with Crippen molar-refractivity contribution in [2.75, 3.05) is 11.1 Å². The van der Waals surface area contributed by atoms with Gasteiger partial charge in [-0.3, -0.25) is 10.1 Å². The van der Waals surface area contributed by atoms with Gasteiger partial charge >= 0.3 is 0 Å². The summed E-state index contributed by atoms with van der Waals surface area (Å²) >= 11 is 3.16. The Kier molecular flexibility index (Phi) is 5.23. The molecule has 4 rings (SSSR count). The van der Waals surface area contributed by atoms with Crippen LogP contribution in [0.1, 0.15) is 17.3 Å². The van der Waals surface area contributed by atoms with E-state index in [4.69, 9.17) is 0 Å². The second-order valence-electron chi connectivity index (χ2n) is 5.98. The highest BCUT2D eigenvalue weighted by Crippen LogP contribution is 2.31. The number of benzene rings is 3. The van der Waals surface area contributed by atoms with Crippen LogP contribution in [0.5, 0.6) is 0 Å². The fourth-order valence-electron chi connectivity index (χ4n) is 2.97. The van der Waals surface area contributed by atoms with Crippen LogP contribution >= 0.6 is 23.1 Å². The van der Waals surface area contributed by atoms with Crippen LogP contribution in [0.15, 0.2) is 77.0 Å². The van der Waals surface area contributed by atoms with E-state index in [9.17, 15) is 4.79 Å². The number of carbonyl (C=O) groups is 1. The topological polar surface area (TPSA) is 42.0 Å².